The van der Waals surface area contributed by atoms with Gasteiger partial charge in [0.1, 0.15) is 11.9 Å². The molecule has 0 saturated carbocycles. The number of rotatable bonds is 3. The van der Waals surface area contributed by atoms with Gasteiger partial charge in [-0.3, -0.25) is 9.78 Å². The van der Waals surface area contributed by atoms with E-state index in [4.69, 9.17) is 0 Å². The molecule has 2 atom stereocenters. The van der Waals surface area contributed by atoms with Crippen LogP contribution in [0.5, 0.6) is 0 Å². The van der Waals surface area contributed by atoms with Crippen molar-refractivity contribution in [1.82, 2.24) is 15.8 Å². The summed E-state index contributed by atoms with van der Waals surface area (Å²) in [5.74, 6) is -0.532. The molecule has 1 aromatic heterocycles. The third-order valence-corrected chi connectivity index (χ3v) is 3.70. The van der Waals surface area contributed by atoms with Gasteiger partial charge in [0.05, 0.1) is 11.7 Å². The molecule has 1 aliphatic rings. The molecule has 1 aromatic carbocycles. The Bertz CT molecular complexity index is 677. The summed E-state index contributed by atoms with van der Waals surface area (Å²) in [7, 11) is 0. The lowest BCUT2D eigenvalue weighted by Crippen LogP contribution is -2.39. The van der Waals surface area contributed by atoms with E-state index >= 15 is 0 Å². The number of aryl methyl sites for hydroxylation is 1. The Hall–Kier alpha value is -2.31. The molecule has 1 fully saturated rings. The highest BCUT2D eigenvalue weighted by Crippen LogP contribution is 2.21. The first-order chi connectivity index (χ1) is 10.6. The maximum atomic E-state index is 13.5. The maximum absolute atomic E-state index is 13.5. The molecular formula is C16H17FN4O. The van der Waals surface area contributed by atoms with Crippen molar-refractivity contribution in [1.29, 1.82) is 0 Å². The number of aromatic nitrogens is 1. The fraction of sp³-hybridized carbons (Fsp3) is 0.250. The van der Waals surface area contributed by atoms with Gasteiger partial charge in [-0.2, -0.15) is 0 Å². The molecule has 22 heavy (non-hydrogen) atoms. The molecule has 0 bridgehead atoms. The lowest BCUT2D eigenvalue weighted by atomic mass is 10.1. The first-order valence-electron chi connectivity index (χ1n) is 7.12. The van der Waals surface area contributed by atoms with E-state index in [2.05, 4.69) is 21.2 Å². The van der Waals surface area contributed by atoms with Crippen LogP contribution < -0.4 is 16.2 Å². The van der Waals surface area contributed by atoms with E-state index < -0.39 is 6.04 Å². The van der Waals surface area contributed by atoms with Crippen molar-refractivity contribution in [2.75, 3.05) is 5.32 Å². The molecule has 1 saturated heterocycles. The molecule has 0 aliphatic carbocycles. The fourth-order valence-electron chi connectivity index (χ4n) is 2.40. The average Bonchev–Trinajstić information content (AvgIpc) is 3.02. The van der Waals surface area contributed by atoms with Gasteiger partial charge in [-0.25, -0.2) is 15.2 Å². The number of carbonyl (C=O) groups is 1. The van der Waals surface area contributed by atoms with Gasteiger partial charge in [0.2, 0.25) is 5.91 Å². The standard InChI is InChI=1S/C16H17FN4O/c1-10-5-6-11(8-12(10)17)19-16(22)15-9-14(20-21-15)13-4-2-3-7-18-13/h2-8,14-15,20-21H,9H2,1H3,(H,19,22). The van der Waals surface area contributed by atoms with Gasteiger partial charge in [-0.1, -0.05) is 12.1 Å². The lowest BCUT2D eigenvalue weighted by Gasteiger charge is -2.11. The van der Waals surface area contributed by atoms with Crippen molar-refractivity contribution in [3.8, 4) is 0 Å². The number of nitrogens with one attached hydrogen (secondary N) is 3. The highest BCUT2D eigenvalue weighted by atomic mass is 19.1. The van der Waals surface area contributed by atoms with Gasteiger partial charge in [-0.15, -0.1) is 0 Å². The smallest absolute Gasteiger partial charge is 0.242 e. The molecule has 114 valence electrons. The summed E-state index contributed by atoms with van der Waals surface area (Å²) in [6.45, 7) is 1.68. The molecule has 3 N–H and O–H groups in total. The number of pyridine rings is 1. The zero-order valence-electron chi connectivity index (χ0n) is 12.1. The van der Waals surface area contributed by atoms with Crippen molar-refractivity contribution >= 4 is 11.6 Å². The van der Waals surface area contributed by atoms with Crippen LogP contribution in [0, 0.1) is 12.7 Å². The summed E-state index contributed by atoms with van der Waals surface area (Å²) in [6.07, 6.45) is 2.30. The zero-order valence-corrected chi connectivity index (χ0v) is 12.1. The fourth-order valence-corrected chi connectivity index (χ4v) is 2.40. The number of hydrogen-bond donors (Lipinski definition) is 3. The van der Waals surface area contributed by atoms with Gasteiger partial charge in [0.25, 0.3) is 0 Å². The quantitative estimate of drug-likeness (QED) is 0.812. The van der Waals surface area contributed by atoms with Crippen molar-refractivity contribution in [2.45, 2.75) is 25.4 Å². The predicted octanol–water partition coefficient (Wildman–Crippen LogP) is 2.08. The van der Waals surface area contributed by atoms with E-state index in [9.17, 15) is 9.18 Å². The molecule has 1 amide bonds. The number of hydrazine groups is 1. The van der Waals surface area contributed by atoms with Crippen LogP contribution in [0.1, 0.15) is 23.7 Å². The Morgan fingerprint density at radius 2 is 2.18 bits per heavy atom. The van der Waals surface area contributed by atoms with E-state index in [0.29, 0.717) is 17.7 Å². The third kappa shape index (κ3) is 3.13. The molecule has 2 heterocycles. The molecular weight excluding hydrogens is 283 g/mol. The van der Waals surface area contributed by atoms with Crippen LogP contribution in [-0.2, 0) is 4.79 Å². The highest BCUT2D eigenvalue weighted by Gasteiger charge is 2.30. The monoisotopic (exact) mass is 300 g/mol. The number of nitrogens with zero attached hydrogens (tertiary/aromatic N) is 1. The average molecular weight is 300 g/mol. The van der Waals surface area contributed by atoms with Crippen LogP contribution in [0.3, 0.4) is 0 Å². The van der Waals surface area contributed by atoms with Gasteiger partial charge in [0.15, 0.2) is 0 Å². The second kappa shape index (κ2) is 6.21. The van der Waals surface area contributed by atoms with Crippen LogP contribution in [0.4, 0.5) is 10.1 Å². The summed E-state index contributed by atoms with van der Waals surface area (Å²) in [5, 5.41) is 2.72. The number of carbonyl (C=O) groups excluding carboxylic acids is 1. The van der Waals surface area contributed by atoms with E-state index in [0.717, 1.165) is 5.69 Å². The summed E-state index contributed by atoms with van der Waals surface area (Å²) in [5.41, 5.74) is 7.90. The lowest BCUT2D eigenvalue weighted by molar-refractivity contribution is -0.117. The van der Waals surface area contributed by atoms with Gasteiger partial charge >= 0.3 is 0 Å². The first-order valence-corrected chi connectivity index (χ1v) is 7.12. The molecule has 5 nitrogen and oxygen atoms in total. The molecule has 0 radical (unpaired) electrons. The molecule has 1 aliphatic heterocycles. The zero-order chi connectivity index (χ0) is 15.5. The summed E-state index contributed by atoms with van der Waals surface area (Å²) in [4.78, 5) is 16.5. The normalized spacial score (nSPS) is 20.8. The molecule has 2 aromatic rings. The van der Waals surface area contributed by atoms with Crippen molar-refractivity contribution in [3.05, 3.63) is 59.7 Å². The van der Waals surface area contributed by atoms with Crippen LogP contribution in [0.15, 0.2) is 42.6 Å². The highest BCUT2D eigenvalue weighted by molar-refractivity contribution is 5.95. The molecule has 3 rings (SSSR count). The third-order valence-electron chi connectivity index (χ3n) is 3.70. The summed E-state index contributed by atoms with van der Waals surface area (Å²) >= 11 is 0. The number of amides is 1. The number of hydrogen-bond acceptors (Lipinski definition) is 4. The number of halogens is 1. The first kappa shape index (κ1) is 14.6. The van der Waals surface area contributed by atoms with Crippen LogP contribution >= 0.6 is 0 Å². The maximum Gasteiger partial charge on any atom is 0.242 e. The van der Waals surface area contributed by atoms with E-state index in [1.54, 1.807) is 25.3 Å². The van der Waals surface area contributed by atoms with Gasteiger partial charge in [0, 0.05) is 11.9 Å². The van der Waals surface area contributed by atoms with Crippen molar-refractivity contribution in [2.24, 2.45) is 0 Å². The SMILES string of the molecule is Cc1ccc(NC(=O)C2CC(c3ccccn3)NN2)cc1F. The second-order valence-electron chi connectivity index (χ2n) is 5.34. The minimum Gasteiger partial charge on any atom is -0.325 e. The number of benzene rings is 1. The second-order valence-corrected chi connectivity index (χ2v) is 5.34. The Morgan fingerprint density at radius 1 is 1.32 bits per heavy atom. The van der Waals surface area contributed by atoms with Crippen LogP contribution in [0.2, 0.25) is 0 Å². The van der Waals surface area contributed by atoms with Gasteiger partial charge in [-0.05, 0) is 43.2 Å². The summed E-state index contributed by atoms with van der Waals surface area (Å²) < 4.78 is 13.5. The number of anilines is 1. The van der Waals surface area contributed by atoms with Crippen molar-refractivity contribution < 1.29 is 9.18 Å². The Labute approximate surface area is 127 Å². The van der Waals surface area contributed by atoms with Gasteiger partial charge < -0.3 is 5.32 Å². The van der Waals surface area contributed by atoms with Crippen LogP contribution in [0.25, 0.3) is 0 Å². The van der Waals surface area contributed by atoms with E-state index in [1.165, 1.54) is 6.07 Å². The minimum atomic E-state index is -0.392. The van der Waals surface area contributed by atoms with Crippen LogP contribution in [-0.4, -0.2) is 16.9 Å². The molecule has 0 spiro atoms. The Morgan fingerprint density at radius 3 is 2.91 bits per heavy atom. The minimum absolute atomic E-state index is 0.0216. The summed E-state index contributed by atoms with van der Waals surface area (Å²) in [6, 6.07) is 9.91. The predicted molar refractivity (Wildman–Crippen MR) is 81.4 cm³/mol. The van der Waals surface area contributed by atoms with Crippen molar-refractivity contribution in [3.63, 3.8) is 0 Å². The topological polar surface area (TPSA) is 66.0 Å². The Kier molecular flexibility index (Phi) is 4.13. The largest absolute Gasteiger partial charge is 0.325 e. The van der Waals surface area contributed by atoms with E-state index in [1.807, 2.05) is 18.2 Å². The molecule has 6 heteroatoms. The Balaban J connectivity index is 1.63. The van der Waals surface area contributed by atoms with E-state index in [-0.39, 0.29) is 17.8 Å². The molecule has 2 unspecified atom stereocenters.